The van der Waals surface area contributed by atoms with E-state index in [1.165, 1.54) is 23.3 Å². The molecule has 3 aromatic carbocycles. The summed E-state index contributed by atoms with van der Waals surface area (Å²) in [6, 6.07) is 24.7. The Labute approximate surface area is 508 Å². The van der Waals surface area contributed by atoms with Crippen LogP contribution in [0.15, 0.2) is 96.2 Å². The van der Waals surface area contributed by atoms with Gasteiger partial charge in [-0.3, -0.25) is 24.7 Å². The van der Waals surface area contributed by atoms with Gasteiger partial charge in [0.1, 0.15) is 23.1 Å². The summed E-state index contributed by atoms with van der Waals surface area (Å²) >= 11 is 0. The summed E-state index contributed by atoms with van der Waals surface area (Å²) < 4.78 is 55.0. The second-order valence-electron chi connectivity index (χ2n) is 25.9. The summed E-state index contributed by atoms with van der Waals surface area (Å²) in [5.74, 6) is 1.72. The number of amides is 1. The first-order valence-corrected chi connectivity index (χ1v) is 32.6. The zero-order valence-corrected chi connectivity index (χ0v) is 51.1. The number of benzene rings is 3. The molecule has 6 aromatic rings. The van der Waals surface area contributed by atoms with Gasteiger partial charge in [0.15, 0.2) is 11.6 Å². The van der Waals surface area contributed by atoms with E-state index in [0.717, 1.165) is 125 Å². The number of H-pyrrole nitrogens is 1. The Morgan fingerprint density at radius 2 is 1.70 bits per heavy atom. The number of nitrogens with zero attached hydrogens (tertiary/aromatic N) is 8. The van der Waals surface area contributed by atoms with Crippen LogP contribution in [0.5, 0.6) is 11.6 Å². The summed E-state index contributed by atoms with van der Waals surface area (Å²) in [7, 11) is -2.92. The van der Waals surface area contributed by atoms with Crippen LogP contribution >= 0.6 is 0 Å². The lowest BCUT2D eigenvalue weighted by Gasteiger charge is -2.56. The number of aliphatic hydroxyl groups is 1. The predicted octanol–water partition coefficient (Wildman–Crippen LogP) is 9.30. The number of anilines is 5. The number of piperazine rings is 1. The van der Waals surface area contributed by atoms with Gasteiger partial charge < -0.3 is 49.1 Å². The summed E-state index contributed by atoms with van der Waals surface area (Å²) in [4.78, 5) is 51.4. The van der Waals surface area contributed by atoms with Crippen LogP contribution in [0.3, 0.4) is 0 Å². The number of aromatic nitrogens is 3. The number of nitro benzene ring substituents is 1. The van der Waals surface area contributed by atoms with E-state index >= 15 is 0 Å². The van der Waals surface area contributed by atoms with E-state index in [-0.39, 0.29) is 34.7 Å². The van der Waals surface area contributed by atoms with Crippen molar-refractivity contribution >= 4 is 61.2 Å². The van der Waals surface area contributed by atoms with Gasteiger partial charge in [-0.25, -0.2) is 18.1 Å². The largest absolute Gasteiger partial charge is 0.493 e. The average molecular weight is 1210 g/mol. The fourth-order valence-corrected chi connectivity index (χ4v) is 15.9. The van der Waals surface area contributed by atoms with Crippen molar-refractivity contribution in [1.29, 1.82) is 0 Å². The highest BCUT2D eigenvalue weighted by atomic mass is 32.2. The number of carbonyl (C=O) groups is 1. The van der Waals surface area contributed by atoms with Gasteiger partial charge in [0.25, 0.3) is 21.6 Å². The topological polar surface area (TPSA) is 233 Å². The van der Waals surface area contributed by atoms with Crippen LogP contribution in [-0.2, 0) is 26.0 Å². The van der Waals surface area contributed by atoms with Crippen molar-refractivity contribution in [3.8, 4) is 11.6 Å². The molecule has 0 bridgehead atoms. The summed E-state index contributed by atoms with van der Waals surface area (Å²) in [6.07, 6.45) is 11.0. The van der Waals surface area contributed by atoms with Crippen LogP contribution < -0.4 is 34.2 Å². The van der Waals surface area contributed by atoms with Crippen LogP contribution in [0.25, 0.3) is 11.0 Å². The molecule has 0 unspecified atom stereocenters. The molecule has 13 rings (SSSR count). The van der Waals surface area contributed by atoms with E-state index < -0.39 is 43.1 Å². The number of morpholine rings is 1. The molecular formula is C65H81N11O10S. The molecule has 87 heavy (non-hydrogen) atoms. The van der Waals surface area contributed by atoms with Gasteiger partial charge in [0, 0.05) is 113 Å². The number of fused-ring (bicyclic) bond motifs is 3. The highest BCUT2D eigenvalue weighted by Crippen LogP contribution is 2.51. The highest BCUT2D eigenvalue weighted by Gasteiger charge is 2.48. The minimum atomic E-state index is -4.65. The second kappa shape index (κ2) is 24.1. The molecule has 0 radical (unpaired) electrons. The molecule has 7 aliphatic rings. The summed E-state index contributed by atoms with van der Waals surface area (Å²) in [5, 5.41) is 26.9. The van der Waals surface area contributed by atoms with E-state index in [2.05, 4.69) is 83.7 Å². The van der Waals surface area contributed by atoms with Gasteiger partial charge in [-0.1, -0.05) is 38.1 Å². The monoisotopic (exact) mass is 1210 g/mol. The van der Waals surface area contributed by atoms with Gasteiger partial charge in [-0.2, -0.15) is 4.98 Å². The zero-order valence-electron chi connectivity index (χ0n) is 50.3. The number of aromatic amines is 1. The molecule has 462 valence electrons. The first kappa shape index (κ1) is 58.9. The quantitative estimate of drug-likeness (QED) is 0.0522. The fraction of sp³-hybridized carbons (Fsp3) is 0.523. The maximum atomic E-state index is 14.9. The van der Waals surface area contributed by atoms with Crippen molar-refractivity contribution in [2.75, 3.05) is 106 Å². The Hall–Kier alpha value is -7.08. The van der Waals surface area contributed by atoms with Crippen molar-refractivity contribution in [1.82, 2.24) is 29.5 Å². The second-order valence-corrected chi connectivity index (χ2v) is 27.6. The number of ether oxygens (including phenoxy) is 4. The molecule has 8 heterocycles. The van der Waals surface area contributed by atoms with Crippen molar-refractivity contribution in [3.63, 3.8) is 0 Å². The maximum Gasteiger partial charge on any atom is 0.293 e. The SMILES string of the molecule is COc1cc(CN2CCN(C3CCC4(CC3)CN(c3ccc(C(=O)NS(=O)(=O)c5ccc(NC[C@H]6CC[C@](C)(O)CC6)c([N+](=O)[O-])c5)c(N5c6cc7cc[nH]c7nc6O[C@H]6COCC[C@@H]65)c3)C4)[C@H](c3ccccc3C(C)C)C2)cnc1N1CCOCC1. The maximum absolute atomic E-state index is 14.9. The normalized spacial score (nSPS) is 24.5. The van der Waals surface area contributed by atoms with Crippen molar-refractivity contribution < 1.29 is 42.2 Å². The Morgan fingerprint density at radius 1 is 0.908 bits per heavy atom. The fourth-order valence-electron chi connectivity index (χ4n) is 14.9. The number of carbonyl (C=O) groups excluding carboxylic acids is 1. The van der Waals surface area contributed by atoms with Crippen molar-refractivity contribution in [3.05, 3.63) is 124 Å². The standard InChI is InChI=1S/C65H81N11O10S/c1-42(2)49-7-5-6-8-50(49)57-38-71(37-44-31-58(83-4)61(68-36-44)72-26-29-84-30-27-72)24-25-74(57)46-15-21-65(22-16-46)40-73(41-65)47-9-11-51(54(33-47)75-53-18-28-85-39-59(53)86-63-56(75)32-45-17-23-66-60(45)69-63)62(77)70-87(81,82)48-10-12-52(55(34-48)76(79)80)67-35-43-13-19-64(3,78)20-14-43/h5-12,17,23,31-34,36,42-43,46,53,57,59,67,78H,13-16,18-22,24-30,35,37-41H2,1-4H3,(H,66,69)(H,70,77)/t43-,53-,57-,59-,64-/m0/s1. The van der Waals surface area contributed by atoms with Gasteiger partial charge in [-0.15, -0.1) is 0 Å². The van der Waals surface area contributed by atoms with Crippen LogP contribution in [0, 0.1) is 21.4 Å². The Bertz CT molecular complexity index is 3620. The van der Waals surface area contributed by atoms with Crippen molar-refractivity contribution in [2.24, 2.45) is 11.3 Å². The molecule has 21 nitrogen and oxygen atoms in total. The van der Waals surface area contributed by atoms with Crippen LogP contribution in [0.4, 0.5) is 34.3 Å². The van der Waals surface area contributed by atoms with Crippen LogP contribution in [0.1, 0.15) is 118 Å². The molecule has 3 aromatic heterocycles. The molecule has 3 atom stereocenters. The van der Waals surface area contributed by atoms with E-state index in [1.807, 2.05) is 43.6 Å². The molecule has 4 saturated heterocycles. The van der Waals surface area contributed by atoms with Gasteiger partial charge in [-0.05, 0) is 142 Å². The lowest BCUT2D eigenvalue weighted by atomic mass is 9.66. The minimum Gasteiger partial charge on any atom is -0.493 e. The third kappa shape index (κ3) is 12.0. The first-order chi connectivity index (χ1) is 42.0. The van der Waals surface area contributed by atoms with E-state index in [9.17, 15) is 28.4 Å². The van der Waals surface area contributed by atoms with Crippen LogP contribution in [0.2, 0.25) is 0 Å². The lowest BCUT2D eigenvalue weighted by Crippen LogP contribution is -2.60. The van der Waals surface area contributed by atoms with E-state index in [1.54, 1.807) is 13.2 Å². The van der Waals surface area contributed by atoms with Gasteiger partial charge in [0.05, 0.1) is 59.6 Å². The van der Waals surface area contributed by atoms with E-state index in [0.29, 0.717) is 87.1 Å². The molecule has 4 N–H and O–H groups in total. The summed E-state index contributed by atoms with van der Waals surface area (Å²) in [5.41, 5.74) is 5.87. The number of pyridine rings is 2. The zero-order chi connectivity index (χ0) is 60.2. The number of sulfonamides is 1. The third-order valence-electron chi connectivity index (χ3n) is 19.8. The average Bonchev–Trinajstić information content (AvgIpc) is 1.48. The molecule has 22 heteroatoms. The number of hydrogen-bond donors (Lipinski definition) is 4. The molecule has 1 spiro atoms. The molecule has 5 aliphatic heterocycles. The van der Waals surface area contributed by atoms with E-state index in [4.69, 9.17) is 28.9 Å². The predicted molar refractivity (Wildman–Crippen MR) is 333 cm³/mol. The Morgan fingerprint density at radius 3 is 2.47 bits per heavy atom. The van der Waals surface area contributed by atoms with Gasteiger partial charge in [0.2, 0.25) is 5.88 Å². The molecule has 6 fully saturated rings. The minimum absolute atomic E-state index is 0.108. The smallest absolute Gasteiger partial charge is 0.293 e. The summed E-state index contributed by atoms with van der Waals surface area (Å²) in [6.45, 7) is 15.8. The third-order valence-corrected chi connectivity index (χ3v) is 21.1. The number of nitro groups is 1. The van der Waals surface area contributed by atoms with Crippen LogP contribution in [-0.4, -0.2) is 159 Å². The highest BCUT2D eigenvalue weighted by molar-refractivity contribution is 7.90. The first-order valence-electron chi connectivity index (χ1n) is 31.2. The van der Waals surface area contributed by atoms with Crippen molar-refractivity contribution in [2.45, 2.75) is 126 Å². The van der Waals surface area contributed by atoms with Gasteiger partial charge >= 0.3 is 0 Å². The Kier molecular flexibility index (Phi) is 16.3. The number of hydrogen-bond acceptors (Lipinski definition) is 18. The molecular weight excluding hydrogens is 1130 g/mol. The Balaban J connectivity index is 0.743. The lowest BCUT2D eigenvalue weighted by molar-refractivity contribution is -0.384. The molecule has 1 amide bonds. The number of rotatable bonds is 16. The molecule has 2 saturated carbocycles. The number of methoxy groups -OCH3 is 1. The number of nitrogens with one attached hydrogen (secondary N) is 3. The molecule has 2 aliphatic carbocycles.